The zero-order valence-electron chi connectivity index (χ0n) is 3.97. The van der Waals surface area contributed by atoms with Crippen LogP contribution in [0.2, 0.25) is 0 Å². The fourth-order valence-electron chi connectivity index (χ4n) is 0.323. The average molecular weight is 99.1 g/mol. The van der Waals surface area contributed by atoms with Crippen molar-refractivity contribution in [3.05, 3.63) is 6.61 Å². The third-order valence-electron chi connectivity index (χ3n) is 0.626. The Hall–Kier alpha value is -0.570. The van der Waals surface area contributed by atoms with Gasteiger partial charge in [-0.1, -0.05) is 0 Å². The molecule has 1 rings (SSSR count). The quantitative estimate of drug-likeness (QED) is 0.430. The smallest absolute Gasteiger partial charge is 0.228 e. The maximum absolute atomic E-state index is 4.62. The number of nitrogens with zero attached hydrogens (tertiary/aromatic N) is 1. The first kappa shape index (κ1) is 4.59. The van der Waals surface area contributed by atoms with E-state index in [1.54, 1.807) is 0 Å². The van der Waals surface area contributed by atoms with Crippen molar-refractivity contribution in [1.29, 1.82) is 0 Å². The van der Waals surface area contributed by atoms with E-state index in [4.69, 9.17) is 0 Å². The molecular weight excluding hydrogens is 94.0 g/mol. The van der Waals surface area contributed by atoms with E-state index < -0.39 is 0 Å². The summed E-state index contributed by atoms with van der Waals surface area (Å²) in [5, 5.41) is 0. The molecule has 3 nitrogen and oxygen atoms in total. The minimum absolute atomic E-state index is 0.350. The molecular formula is C4H5NO2. The monoisotopic (exact) mass is 99.0 g/mol. The van der Waals surface area contributed by atoms with Gasteiger partial charge in [-0.15, -0.1) is 0 Å². The second-order valence-corrected chi connectivity index (χ2v) is 1.04. The second kappa shape index (κ2) is 1.93. The van der Waals surface area contributed by atoms with Gasteiger partial charge in [0.2, 0.25) is 12.5 Å². The van der Waals surface area contributed by atoms with E-state index in [1.165, 1.54) is 7.11 Å². The summed E-state index contributed by atoms with van der Waals surface area (Å²) >= 11 is 0. The lowest BCUT2D eigenvalue weighted by Crippen LogP contribution is -1.95. The first-order valence-electron chi connectivity index (χ1n) is 1.90. The summed E-state index contributed by atoms with van der Waals surface area (Å²) in [7, 11) is 1.53. The predicted octanol–water partition coefficient (Wildman–Crippen LogP) is 0.0578. The highest BCUT2D eigenvalue weighted by atomic mass is 16.5. The lowest BCUT2D eigenvalue weighted by atomic mass is 10.7. The second-order valence-electron chi connectivity index (χ2n) is 1.04. The van der Waals surface area contributed by atoms with Crippen molar-refractivity contribution in [1.82, 2.24) is 0 Å². The van der Waals surface area contributed by atoms with Crippen molar-refractivity contribution in [3.63, 3.8) is 0 Å². The van der Waals surface area contributed by atoms with Crippen LogP contribution in [0.15, 0.2) is 4.99 Å². The zero-order valence-corrected chi connectivity index (χ0v) is 3.97. The van der Waals surface area contributed by atoms with Crippen molar-refractivity contribution < 1.29 is 9.47 Å². The minimum Gasteiger partial charge on any atom is -0.482 e. The van der Waals surface area contributed by atoms with Crippen LogP contribution in [0.3, 0.4) is 0 Å². The number of methoxy groups -OCH3 is 1. The zero-order chi connectivity index (χ0) is 5.11. The molecule has 0 amide bonds. The van der Waals surface area contributed by atoms with Crippen molar-refractivity contribution in [2.24, 2.45) is 4.99 Å². The van der Waals surface area contributed by atoms with Crippen LogP contribution in [0.25, 0.3) is 0 Å². The first-order chi connectivity index (χ1) is 3.43. The van der Waals surface area contributed by atoms with E-state index in [0.29, 0.717) is 12.6 Å². The molecule has 0 saturated carbocycles. The van der Waals surface area contributed by atoms with Gasteiger partial charge in [0, 0.05) is 0 Å². The average Bonchev–Trinajstić information content (AvgIpc) is 2.14. The Bertz CT molecular complexity index is 89.7. The van der Waals surface area contributed by atoms with Crippen molar-refractivity contribution in [2.45, 2.75) is 0 Å². The maximum atomic E-state index is 4.62. The molecule has 3 heteroatoms. The van der Waals surface area contributed by atoms with Crippen LogP contribution in [0.1, 0.15) is 0 Å². The molecule has 0 saturated heterocycles. The fourth-order valence-corrected chi connectivity index (χ4v) is 0.323. The van der Waals surface area contributed by atoms with Crippen LogP contribution in [0, 0.1) is 6.61 Å². The van der Waals surface area contributed by atoms with E-state index in [1.807, 2.05) is 0 Å². The van der Waals surface area contributed by atoms with Gasteiger partial charge in [-0.25, -0.2) is 4.99 Å². The SMILES string of the molecule is COC1=NCO[C]1. The first-order valence-corrected chi connectivity index (χ1v) is 1.90. The van der Waals surface area contributed by atoms with Gasteiger partial charge in [-0.3, -0.25) is 0 Å². The maximum Gasteiger partial charge on any atom is 0.228 e. The Morgan fingerprint density at radius 2 is 2.86 bits per heavy atom. The molecule has 0 atom stereocenters. The van der Waals surface area contributed by atoms with Gasteiger partial charge >= 0.3 is 0 Å². The van der Waals surface area contributed by atoms with Gasteiger partial charge < -0.3 is 9.47 Å². The van der Waals surface area contributed by atoms with Gasteiger partial charge in [0.1, 0.15) is 6.73 Å². The van der Waals surface area contributed by atoms with Crippen LogP contribution in [-0.4, -0.2) is 19.7 Å². The van der Waals surface area contributed by atoms with Gasteiger partial charge in [-0.05, 0) is 0 Å². The summed E-state index contributed by atoms with van der Waals surface area (Å²) in [4.78, 5) is 3.72. The highest BCUT2D eigenvalue weighted by Gasteiger charge is 2.05. The van der Waals surface area contributed by atoms with E-state index in [9.17, 15) is 0 Å². The molecule has 0 spiro atoms. The molecule has 0 aromatic rings. The summed E-state index contributed by atoms with van der Waals surface area (Å²) < 4.78 is 9.19. The summed E-state index contributed by atoms with van der Waals surface area (Å²) in [6.07, 6.45) is 0. The lowest BCUT2D eigenvalue weighted by Gasteiger charge is -1.88. The van der Waals surface area contributed by atoms with Crippen LogP contribution in [-0.2, 0) is 9.47 Å². The number of hydrogen-bond donors (Lipinski definition) is 0. The molecule has 7 heavy (non-hydrogen) atoms. The van der Waals surface area contributed by atoms with Gasteiger partial charge in [0.15, 0.2) is 0 Å². The Balaban J connectivity index is 2.36. The third-order valence-corrected chi connectivity index (χ3v) is 0.626. The molecule has 1 heterocycles. The molecule has 0 aromatic carbocycles. The van der Waals surface area contributed by atoms with Gasteiger partial charge in [0.25, 0.3) is 0 Å². The molecule has 0 fully saturated rings. The Kier molecular flexibility index (Phi) is 1.26. The molecule has 0 aromatic heterocycles. The van der Waals surface area contributed by atoms with E-state index in [2.05, 4.69) is 21.1 Å². The Morgan fingerprint density at radius 1 is 2.00 bits per heavy atom. The van der Waals surface area contributed by atoms with E-state index >= 15 is 0 Å². The summed E-state index contributed by atoms with van der Waals surface area (Å²) in [5.41, 5.74) is 0. The van der Waals surface area contributed by atoms with Crippen molar-refractivity contribution in [3.8, 4) is 0 Å². The normalized spacial score (nSPS) is 19.3. The molecule has 0 N–H and O–H groups in total. The molecule has 2 radical (unpaired) electrons. The summed E-state index contributed by atoms with van der Waals surface area (Å²) in [6.45, 7) is 2.78. The molecule has 38 valence electrons. The minimum atomic E-state index is 0.350. The highest BCUT2D eigenvalue weighted by molar-refractivity contribution is 5.84. The predicted molar refractivity (Wildman–Crippen MR) is 23.6 cm³/mol. The van der Waals surface area contributed by atoms with Crippen molar-refractivity contribution >= 4 is 5.90 Å². The Morgan fingerprint density at radius 3 is 3.14 bits per heavy atom. The standard InChI is InChI=1S/C4H5NO2/c1-6-4-2-7-3-5-4/h3H2,1H3. The Labute approximate surface area is 42.0 Å². The number of aliphatic imine (C=N–C) groups is 1. The van der Waals surface area contributed by atoms with Crippen LogP contribution in [0.5, 0.6) is 0 Å². The number of ether oxygens (including phenoxy) is 2. The van der Waals surface area contributed by atoms with E-state index in [0.717, 1.165) is 0 Å². The molecule has 0 unspecified atom stereocenters. The third kappa shape index (κ3) is 0.899. The van der Waals surface area contributed by atoms with Gasteiger partial charge in [-0.2, -0.15) is 0 Å². The van der Waals surface area contributed by atoms with Crippen molar-refractivity contribution in [2.75, 3.05) is 13.8 Å². The summed E-state index contributed by atoms with van der Waals surface area (Å²) in [6, 6.07) is 0. The largest absolute Gasteiger partial charge is 0.482 e. The molecule has 1 aliphatic rings. The molecule has 1 aliphatic heterocycles. The van der Waals surface area contributed by atoms with Gasteiger partial charge in [0.05, 0.1) is 7.11 Å². The van der Waals surface area contributed by atoms with Crippen LogP contribution >= 0.6 is 0 Å². The highest BCUT2D eigenvalue weighted by Crippen LogP contribution is 1.97. The van der Waals surface area contributed by atoms with Crippen LogP contribution < -0.4 is 0 Å². The van der Waals surface area contributed by atoms with Crippen LogP contribution in [0.4, 0.5) is 0 Å². The number of hydrogen-bond acceptors (Lipinski definition) is 3. The lowest BCUT2D eigenvalue weighted by molar-refractivity contribution is 0.247. The molecule has 0 bridgehead atoms. The van der Waals surface area contributed by atoms with E-state index in [-0.39, 0.29) is 0 Å². The fraction of sp³-hybridized carbons (Fsp3) is 0.500. The topological polar surface area (TPSA) is 30.8 Å². The summed E-state index contributed by atoms with van der Waals surface area (Å²) in [5.74, 6) is 0.444. The molecule has 0 aliphatic carbocycles. The number of rotatable bonds is 0.